The molecule has 1 aromatic carbocycles. The Morgan fingerprint density at radius 3 is 2.80 bits per heavy atom. The first kappa shape index (κ1) is 18.2. The fraction of sp³-hybridized carbons (Fsp3) is 0.526. The average Bonchev–Trinajstić information content (AvgIpc) is 3.01. The Balaban J connectivity index is 0.00000182. The van der Waals surface area contributed by atoms with Crippen LogP contribution in [0.15, 0.2) is 24.3 Å². The van der Waals surface area contributed by atoms with Crippen molar-refractivity contribution in [3.05, 3.63) is 35.5 Å². The second-order valence-electron chi connectivity index (χ2n) is 6.89. The zero-order chi connectivity index (χ0) is 16.6. The molecule has 1 spiro atoms. The van der Waals surface area contributed by atoms with Crippen LogP contribution in [0.2, 0.25) is 0 Å². The van der Waals surface area contributed by atoms with Crippen molar-refractivity contribution in [2.24, 2.45) is 5.73 Å². The number of aromatic nitrogens is 1. The van der Waals surface area contributed by atoms with Crippen LogP contribution in [0.3, 0.4) is 0 Å². The number of para-hydroxylation sites is 1. The number of H-pyrrole nitrogens is 1. The van der Waals surface area contributed by atoms with E-state index in [1.807, 2.05) is 4.90 Å². The van der Waals surface area contributed by atoms with Crippen LogP contribution in [0.25, 0.3) is 10.9 Å². The lowest BCUT2D eigenvalue weighted by Gasteiger charge is -2.43. The van der Waals surface area contributed by atoms with E-state index in [0.717, 1.165) is 45.4 Å². The van der Waals surface area contributed by atoms with Crippen LogP contribution in [0.5, 0.6) is 0 Å². The van der Waals surface area contributed by atoms with Crippen molar-refractivity contribution in [2.75, 3.05) is 26.2 Å². The van der Waals surface area contributed by atoms with E-state index in [-0.39, 0.29) is 23.9 Å². The Hall–Kier alpha value is -1.56. The van der Waals surface area contributed by atoms with Gasteiger partial charge in [-0.3, -0.25) is 4.79 Å². The smallest absolute Gasteiger partial charge is 0.222 e. The molecule has 3 N–H and O–H groups in total. The molecular formula is C19H26ClN3O2. The highest BCUT2D eigenvalue weighted by Crippen LogP contribution is 2.43. The maximum atomic E-state index is 12.2. The molecule has 0 aliphatic carbocycles. The molecule has 0 bridgehead atoms. The van der Waals surface area contributed by atoms with Gasteiger partial charge in [-0.2, -0.15) is 0 Å². The number of hydrogen-bond donors (Lipinski definition) is 2. The Kier molecular flexibility index (Phi) is 5.37. The van der Waals surface area contributed by atoms with Crippen molar-refractivity contribution < 1.29 is 9.53 Å². The molecule has 0 unspecified atom stereocenters. The molecule has 5 nitrogen and oxygen atoms in total. The van der Waals surface area contributed by atoms with Crippen LogP contribution in [0, 0.1) is 0 Å². The molecule has 2 aliphatic heterocycles. The maximum absolute atomic E-state index is 12.2. The van der Waals surface area contributed by atoms with Crippen molar-refractivity contribution in [1.29, 1.82) is 0 Å². The van der Waals surface area contributed by atoms with Crippen LogP contribution in [-0.4, -0.2) is 42.0 Å². The summed E-state index contributed by atoms with van der Waals surface area (Å²) >= 11 is 0. The maximum Gasteiger partial charge on any atom is 0.222 e. The third-order valence-electron chi connectivity index (χ3n) is 5.52. The topological polar surface area (TPSA) is 71.3 Å². The number of halogens is 1. The van der Waals surface area contributed by atoms with Gasteiger partial charge in [0.1, 0.15) is 5.60 Å². The summed E-state index contributed by atoms with van der Waals surface area (Å²) in [4.78, 5) is 17.8. The van der Waals surface area contributed by atoms with Gasteiger partial charge in [0, 0.05) is 30.4 Å². The van der Waals surface area contributed by atoms with Crippen molar-refractivity contribution in [3.8, 4) is 0 Å². The van der Waals surface area contributed by atoms with E-state index in [2.05, 4.69) is 29.2 Å². The number of carbonyl (C=O) groups is 1. The second-order valence-corrected chi connectivity index (χ2v) is 6.89. The Morgan fingerprint density at radius 2 is 2.04 bits per heavy atom. The number of nitrogens with one attached hydrogen (secondary N) is 1. The number of nitrogens with two attached hydrogens (primary N) is 1. The van der Waals surface area contributed by atoms with Crippen LogP contribution >= 0.6 is 12.4 Å². The number of benzene rings is 1. The predicted octanol–water partition coefficient (Wildman–Crippen LogP) is 2.72. The first-order valence-electron chi connectivity index (χ1n) is 8.95. The summed E-state index contributed by atoms with van der Waals surface area (Å²) in [5.74, 6) is 0.225. The molecule has 136 valence electrons. The molecule has 0 radical (unpaired) electrons. The summed E-state index contributed by atoms with van der Waals surface area (Å²) in [5.41, 5.74) is 9.09. The number of hydrogen-bond acceptors (Lipinski definition) is 3. The molecule has 3 heterocycles. The molecule has 6 heteroatoms. The first-order valence-corrected chi connectivity index (χ1v) is 8.95. The Bertz CT molecular complexity index is 750. The minimum absolute atomic E-state index is 0. The fourth-order valence-electron chi connectivity index (χ4n) is 4.19. The van der Waals surface area contributed by atoms with E-state index in [4.69, 9.17) is 10.5 Å². The van der Waals surface area contributed by atoms with Gasteiger partial charge in [-0.1, -0.05) is 18.2 Å². The Labute approximate surface area is 154 Å². The van der Waals surface area contributed by atoms with Gasteiger partial charge in [0.25, 0.3) is 0 Å². The summed E-state index contributed by atoms with van der Waals surface area (Å²) < 4.78 is 6.28. The van der Waals surface area contributed by atoms with Crippen LogP contribution in [0.4, 0.5) is 0 Å². The number of ether oxygens (including phenoxy) is 1. The number of fused-ring (bicyclic) bond motifs is 4. The molecule has 1 saturated heterocycles. The standard InChI is InChI=1S/C19H25N3O2.ClH/c20-10-3-6-17(23)22-11-8-19(9-12-22)18-15(7-13-24-19)14-4-1-2-5-16(14)21-18;/h1-2,4-5,21H,3,6-13,20H2;1H. The van der Waals surface area contributed by atoms with Crippen molar-refractivity contribution in [3.63, 3.8) is 0 Å². The number of nitrogens with zero attached hydrogens (tertiary/aromatic N) is 1. The minimum atomic E-state index is -0.253. The molecule has 4 rings (SSSR count). The molecule has 1 aromatic heterocycles. The lowest BCUT2D eigenvalue weighted by Crippen LogP contribution is -2.48. The van der Waals surface area contributed by atoms with Gasteiger partial charge in [0.05, 0.1) is 12.3 Å². The van der Waals surface area contributed by atoms with Gasteiger partial charge in [-0.25, -0.2) is 0 Å². The summed E-state index contributed by atoms with van der Waals surface area (Å²) in [6, 6.07) is 8.48. The number of amides is 1. The summed E-state index contributed by atoms with van der Waals surface area (Å²) in [5, 5.41) is 1.32. The highest BCUT2D eigenvalue weighted by atomic mass is 35.5. The third kappa shape index (κ3) is 3.16. The normalized spacial score (nSPS) is 18.8. The van der Waals surface area contributed by atoms with E-state index in [9.17, 15) is 4.79 Å². The van der Waals surface area contributed by atoms with Gasteiger partial charge in [0.2, 0.25) is 5.91 Å². The van der Waals surface area contributed by atoms with Crippen molar-refractivity contribution in [2.45, 2.75) is 37.7 Å². The second kappa shape index (κ2) is 7.36. The van der Waals surface area contributed by atoms with E-state index in [1.165, 1.54) is 22.2 Å². The van der Waals surface area contributed by atoms with Gasteiger partial charge in [0.15, 0.2) is 0 Å². The molecule has 2 aliphatic rings. The van der Waals surface area contributed by atoms with Crippen LogP contribution in [-0.2, 0) is 21.6 Å². The Morgan fingerprint density at radius 1 is 1.28 bits per heavy atom. The zero-order valence-electron chi connectivity index (χ0n) is 14.4. The van der Waals surface area contributed by atoms with E-state index < -0.39 is 0 Å². The number of aromatic amines is 1. The molecule has 1 fully saturated rings. The number of carbonyl (C=O) groups excluding carboxylic acids is 1. The van der Waals surface area contributed by atoms with E-state index >= 15 is 0 Å². The van der Waals surface area contributed by atoms with Crippen molar-refractivity contribution in [1.82, 2.24) is 9.88 Å². The van der Waals surface area contributed by atoms with Gasteiger partial charge in [-0.05, 0) is 43.9 Å². The highest BCUT2D eigenvalue weighted by Gasteiger charge is 2.43. The predicted molar refractivity (Wildman–Crippen MR) is 101 cm³/mol. The molecule has 0 atom stereocenters. The molecule has 25 heavy (non-hydrogen) atoms. The molecular weight excluding hydrogens is 338 g/mol. The summed E-state index contributed by atoms with van der Waals surface area (Å²) in [6.45, 7) is 2.86. The highest BCUT2D eigenvalue weighted by molar-refractivity contribution is 5.85. The lowest BCUT2D eigenvalue weighted by molar-refractivity contribution is -0.141. The number of rotatable bonds is 3. The summed E-state index contributed by atoms with van der Waals surface area (Å²) in [7, 11) is 0. The van der Waals surface area contributed by atoms with Crippen LogP contribution < -0.4 is 5.73 Å². The van der Waals surface area contributed by atoms with Crippen LogP contribution in [0.1, 0.15) is 36.9 Å². The summed E-state index contributed by atoms with van der Waals surface area (Å²) in [6.07, 6.45) is 4.01. The van der Waals surface area contributed by atoms with Crippen molar-refractivity contribution >= 4 is 29.2 Å². The minimum Gasteiger partial charge on any atom is -0.368 e. The monoisotopic (exact) mass is 363 g/mol. The first-order chi connectivity index (χ1) is 11.7. The zero-order valence-corrected chi connectivity index (χ0v) is 15.2. The number of likely N-dealkylation sites (tertiary alicyclic amines) is 1. The quantitative estimate of drug-likeness (QED) is 0.880. The average molecular weight is 364 g/mol. The molecule has 0 saturated carbocycles. The lowest BCUT2D eigenvalue weighted by atomic mass is 9.83. The molecule has 1 amide bonds. The largest absolute Gasteiger partial charge is 0.368 e. The number of piperidine rings is 1. The van der Waals surface area contributed by atoms with Gasteiger partial charge >= 0.3 is 0 Å². The SMILES string of the molecule is Cl.NCCCC(=O)N1CCC2(CC1)OCCc1c2[nH]c2ccccc12. The van der Waals surface area contributed by atoms with Gasteiger partial charge < -0.3 is 20.4 Å². The van der Waals surface area contributed by atoms with E-state index in [0.29, 0.717) is 13.0 Å². The van der Waals surface area contributed by atoms with Gasteiger partial charge in [-0.15, -0.1) is 12.4 Å². The molecule has 2 aromatic rings. The van der Waals surface area contributed by atoms with E-state index in [1.54, 1.807) is 0 Å². The fourth-order valence-corrected chi connectivity index (χ4v) is 4.19. The third-order valence-corrected chi connectivity index (χ3v) is 5.52.